The summed E-state index contributed by atoms with van der Waals surface area (Å²) >= 11 is 5.60. The van der Waals surface area contributed by atoms with Crippen molar-refractivity contribution in [3.63, 3.8) is 0 Å². The Morgan fingerprint density at radius 3 is 2.12 bits per heavy atom. The molecule has 0 aliphatic carbocycles. The maximum Gasteiger partial charge on any atom is 0.392 e. The summed E-state index contributed by atoms with van der Waals surface area (Å²) in [6, 6.07) is 5.33. The summed E-state index contributed by atoms with van der Waals surface area (Å²) in [6.45, 7) is 0.855. The van der Waals surface area contributed by atoms with Crippen molar-refractivity contribution >= 4 is 17.6 Å². The number of benzene rings is 1. The minimum absolute atomic E-state index is 0.0896. The molecule has 0 heterocycles. The first kappa shape index (κ1) is 13.8. The molecule has 1 N–H and O–H groups in total. The number of carboxylic acids is 1. The Hall–Kier alpha value is -1.23. The van der Waals surface area contributed by atoms with Gasteiger partial charge in [0.15, 0.2) is 0 Å². The number of rotatable bonds is 3. The van der Waals surface area contributed by atoms with Crippen LogP contribution >= 0.6 is 11.6 Å². The lowest BCUT2D eigenvalue weighted by Crippen LogP contribution is -2.31. The van der Waals surface area contributed by atoms with Crippen LogP contribution in [0.5, 0.6) is 0 Å². The zero-order valence-electron chi connectivity index (χ0n) is 8.83. The lowest BCUT2D eigenvalue weighted by Gasteiger charge is -2.23. The smallest absolute Gasteiger partial charge is 0.392 e. The lowest BCUT2D eigenvalue weighted by atomic mass is 9.87. The van der Waals surface area contributed by atoms with E-state index in [0.717, 1.165) is 6.92 Å². The molecule has 0 bridgehead atoms. The van der Waals surface area contributed by atoms with Crippen LogP contribution in [0.25, 0.3) is 0 Å². The molecule has 17 heavy (non-hydrogen) atoms. The predicted octanol–water partition coefficient (Wildman–Crippen LogP) is 3.71. The highest BCUT2D eigenvalue weighted by Gasteiger charge is 2.44. The second-order valence-corrected chi connectivity index (χ2v) is 4.13. The molecule has 1 aromatic carbocycles. The number of carbonyl (C=O) groups is 1. The first-order valence-electron chi connectivity index (χ1n) is 4.78. The maximum atomic E-state index is 12.5. The van der Waals surface area contributed by atoms with Gasteiger partial charge < -0.3 is 5.11 Å². The molecule has 94 valence electrons. The van der Waals surface area contributed by atoms with Crippen molar-refractivity contribution in [2.75, 3.05) is 0 Å². The van der Waals surface area contributed by atoms with Crippen LogP contribution in [0.3, 0.4) is 0 Å². The molecule has 2 unspecified atom stereocenters. The molecule has 2 atom stereocenters. The van der Waals surface area contributed by atoms with Gasteiger partial charge >= 0.3 is 12.1 Å². The van der Waals surface area contributed by atoms with Crippen molar-refractivity contribution in [1.82, 2.24) is 0 Å². The topological polar surface area (TPSA) is 37.3 Å². The molecule has 0 fully saturated rings. The fraction of sp³-hybridized carbons (Fsp3) is 0.364. The Morgan fingerprint density at radius 2 is 1.76 bits per heavy atom. The number of hydrogen-bond donors (Lipinski definition) is 1. The quantitative estimate of drug-likeness (QED) is 0.906. The average molecular weight is 267 g/mol. The van der Waals surface area contributed by atoms with Crippen LogP contribution in [0.1, 0.15) is 18.4 Å². The molecule has 0 radical (unpaired) electrons. The van der Waals surface area contributed by atoms with Crippen molar-refractivity contribution in [1.29, 1.82) is 0 Å². The van der Waals surface area contributed by atoms with E-state index in [1.807, 2.05) is 0 Å². The van der Waals surface area contributed by atoms with E-state index in [9.17, 15) is 18.0 Å². The second-order valence-electron chi connectivity index (χ2n) is 3.70. The SMILES string of the molecule is CC(C(C(=O)O)c1ccc(Cl)cc1)C(F)(F)F. The van der Waals surface area contributed by atoms with Gasteiger partial charge in [-0.1, -0.05) is 30.7 Å². The van der Waals surface area contributed by atoms with E-state index in [0.29, 0.717) is 5.02 Å². The monoisotopic (exact) mass is 266 g/mol. The normalized spacial score (nSPS) is 15.4. The minimum atomic E-state index is -4.55. The Morgan fingerprint density at radius 1 is 1.29 bits per heavy atom. The van der Waals surface area contributed by atoms with Crippen molar-refractivity contribution in [2.24, 2.45) is 5.92 Å². The van der Waals surface area contributed by atoms with E-state index in [1.165, 1.54) is 24.3 Å². The van der Waals surface area contributed by atoms with Gasteiger partial charge in [0, 0.05) is 5.02 Å². The summed E-state index contributed by atoms with van der Waals surface area (Å²) in [5.41, 5.74) is 0.0896. The van der Waals surface area contributed by atoms with Crippen LogP contribution in [0.15, 0.2) is 24.3 Å². The van der Waals surface area contributed by atoms with Crippen molar-refractivity contribution in [2.45, 2.75) is 19.0 Å². The Bertz CT molecular complexity index is 400. The molecule has 0 saturated heterocycles. The maximum absolute atomic E-state index is 12.5. The second kappa shape index (κ2) is 4.96. The molecule has 2 nitrogen and oxygen atoms in total. The van der Waals surface area contributed by atoms with Gasteiger partial charge in [0.05, 0.1) is 11.8 Å². The average Bonchev–Trinajstić information content (AvgIpc) is 2.19. The van der Waals surface area contributed by atoms with Gasteiger partial charge in [-0.05, 0) is 17.7 Å². The Labute approximate surface area is 101 Å². The summed E-state index contributed by atoms with van der Waals surface area (Å²) in [7, 11) is 0. The first-order chi connectivity index (χ1) is 7.73. The third kappa shape index (κ3) is 3.36. The standard InChI is InChI=1S/C11H10ClF3O2/c1-6(11(13,14)15)9(10(16)17)7-2-4-8(12)5-3-7/h2-6,9H,1H3,(H,16,17). The zero-order valence-corrected chi connectivity index (χ0v) is 9.59. The largest absolute Gasteiger partial charge is 0.481 e. The fourth-order valence-electron chi connectivity index (χ4n) is 1.50. The molecule has 1 rings (SSSR count). The van der Waals surface area contributed by atoms with Crippen LogP contribution in [0.2, 0.25) is 5.02 Å². The van der Waals surface area contributed by atoms with E-state index in [1.54, 1.807) is 0 Å². The Balaban J connectivity index is 3.10. The highest BCUT2D eigenvalue weighted by molar-refractivity contribution is 6.30. The van der Waals surface area contributed by atoms with Crippen LogP contribution in [0.4, 0.5) is 13.2 Å². The molecule has 1 aromatic rings. The van der Waals surface area contributed by atoms with Crippen molar-refractivity contribution < 1.29 is 23.1 Å². The van der Waals surface area contributed by atoms with E-state index < -0.39 is 24.0 Å². The molecule has 0 aliphatic rings. The first-order valence-corrected chi connectivity index (χ1v) is 5.16. The van der Waals surface area contributed by atoms with Crippen LogP contribution in [-0.2, 0) is 4.79 Å². The summed E-state index contributed by atoms with van der Waals surface area (Å²) < 4.78 is 37.6. The van der Waals surface area contributed by atoms with E-state index >= 15 is 0 Å². The van der Waals surface area contributed by atoms with Gasteiger partial charge in [-0.2, -0.15) is 13.2 Å². The van der Waals surface area contributed by atoms with Crippen molar-refractivity contribution in [3.05, 3.63) is 34.9 Å². The molecule has 6 heteroatoms. The molecule has 0 saturated carbocycles. The van der Waals surface area contributed by atoms with E-state index in [-0.39, 0.29) is 5.56 Å². The molecule has 0 aliphatic heterocycles. The summed E-state index contributed by atoms with van der Waals surface area (Å²) in [6.07, 6.45) is -4.55. The number of halogens is 4. The van der Waals surface area contributed by atoms with Crippen LogP contribution < -0.4 is 0 Å². The third-order valence-electron chi connectivity index (χ3n) is 2.51. The molecule has 0 amide bonds. The number of carboxylic acid groups (broad SMARTS) is 1. The summed E-state index contributed by atoms with van der Waals surface area (Å²) in [4.78, 5) is 10.9. The number of alkyl halides is 3. The Kier molecular flexibility index (Phi) is 4.03. The van der Waals surface area contributed by atoms with Gasteiger partial charge in [0.2, 0.25) is 0 Å². The predicted molar refractivity (Wildman–Crippen MR) is 57.0 cm³/mol. The third-order valence-corrected chi connectivity index (χ3v) is 2.76. The van der Waals surface area contributed by atoms with Gasteiger partial charge in [0.25, 0.3) is 0 Å². The van der Waals surface area contributed by atoms with E-state index in [2.05, 4.69) is 0 Å². The summed E-state index contributed by atoms with van der Waals surface area (Å²) in [5, 5.41) is 9.24. The van der Waals surface area contributed by atoms with Crippen molar-refractivity contribution in [3.8, 4) is 0 Å². The van der Waals surface area contributed by atoms with Gasteiger partial charge in [-0.3, -0.25) is 4.79 Å². The molecule has 0 spiro atoms. The molecule has 0 aromatic heterocycles. The summed E-state index contributed by atoms with van der Waals surface area (Å²) in [5.74, 6) is -5.08. The van der Waals surface area contributed by atoms with Crippen LogP contribution in [-0.4, -0.2) is 17.3 Å². The van der Waals surface area contributed by atoms with Gasteiger partial charge in [0.1, 0.15) is 0 Å². The highest BCUT2D eigenvalue weighted by atomic mass is 35.5. The van der Waals surface area contributed by atoms with Gasteiger partial charge in [-0.25, -0.2) is 0 Å². The van der Waals surface area contributed by atoms with Crippen LogP contribution in [0, 0.1) is 5.92 Å². The zero-order chi connectivity index (χ0) is 13.2. The number of hydrogen-bond acceptors (Lipinski definition) is 1. The minimum Gasteiger partial charge on any atom is -0.481 e. The molecular weight excluding hydrogens is 257 g/mol. The lowest BCUT2D eigenvalue weighted by molar-refractivity contribution is -0.183. The van der Waals surface area contributed by atoms with E-state index in [4.69, 9.17) is 16.7 Å². The van der Waals surface area contributed by atoms with Gasteiger partial charge in [-0.15, -0.1) is 0 Å². The molecular formula is C11H10ClF3O2. The highest BCUT2D eigenvalue weighted by Crippen LogP contribution is 2.37. The number of aliphatic carboxylic acids is 1. The fourth-order valence-corrected chi connectivity index (χ4v) is 1.63.